The van der Waals surface area contributed by atoms with Crippen LogP contribution in [0.1, 0.15) is 55.7 Å². The van der Waals surface area contributed by atoms with Crippen molar-refractivity contribution in [3.05, 3.63) is 35.9 Å². The third kappa shape index (κ3) is 4.20. The summed E-state index contributed by atoms with van der Waals surface area (Å²) in [5, 5.41) is 4.32. The minimum absolute atomic E-state index is 0.513. The number of hydrogen-bond acceptors (Lipinski definition) is 7. The Labute approximate surface area is 235 Å². The second-order valence-corrected chi connectivity index (χ2v) is 13.0. The van der Waals surface area contributed by atoms with Gasteiger partial charge in [0.2, 0.25) is 0 Å². The SMILES string of the molecule is COc1cc(-c2nc3c(C)cc(C4CCN(C5C[C@@H]6CN(CC7CC7)C[C@@H]6C5)CC4)nc3n2C)cn2ncnc12. The molecule has 0 bridgehead atoms. The van der Waals surface area contributed by atoms with Crippen molar-refractivity contribution in [1.29, 1.82) is 0 Å². The van der Waals surface area contributed by atoms with E-state index in [0.717, 1.165) is 46.3 Å². The van der Waals surface area contributed by atoms with E-state index in [0.29, 0.717) is 17.3 Å². The van der Waals surface area contributed by atoms with Gasteiger partial charge in [-0.05, 0) is 94.0 Å². The summed E-state index contributed by atoms with van der Waals surface area (Å²) in [6.45, 7) is 8.68. The number of aromatic nitrogens is 6. The number of hydrogen-bond donors (Lipinski definition) is 0. The van der Waals surface area contributed by atoms with Crippen molar-refractivity contribution < 1.29 is 4.74 Å². The highest BCUT2D eigenvalue weighted by molar-refractivity contribution is 5.81. The maximum atomic E-state index is 5.59. The first-order chi connectivity index (χ1) is 19.5. The number of fused-ring (bicyclic) bond motifs is 3. The Morgan fingerprint density at radius 1 is 0.975 bits per heavy atom. The van der Waals surface area contributed by atoms with Crippen molar-refractivity contribution in [2.45, 2.75) is 57.4 Å². The van der Waals surface area contributed by atoms with Gasteiger partial charge in [-0.3, -0.25) is 0 Å². The third-order valence-corrected chi connectivity index (χ3v) is 10.3. The lowest BCUT2D eigenvalue weighted by molar-refractivity contribution is 0.141. The summed E-state index contributed by atoms with van der Waals surface area (Å²) in [6, 6.07) is 5.07. The highest BCUT2D eigenvalue weighted by atomic mass is 16.5. The minimum atomic E-state index is 0.513. The fraction of sp³-hybridized carbons (Fsp3) is 0.613. The topological polar surface area (TPSA) is 76.6 Å². The molecule has 4 aromatic heterocycles. The zero-order valence-electron chi connectivity index (χ0n) is 24.0. The maximum Gasteiger partial charge on any atom is 0.197 e. The Balaban J connectivity index is 0.978. The quantitative estimate of drug-likeness (QED) is 0.361. The van der Waals surface area contributed by atoms with Gasteiger partial charge in [0.05, 0.1) is 7.11 Å². The molecule has 0 aromatic carbocycles. The van der Waals surface area contributed by atoms with E-state index in [2.05, 4.69) is 44.5 Å². The first-order valence-corrected chi connectivity index (χ1v) is 15.2. The monoisotopic (exact) mass is 540 g/mol. The molecule has 9 nitrogen and oxygen atoms in total. The fourth-order valence-corrected chi connectivity index (χ4v) is 8.00. The van der Waals surface area contributed by atoms with Crippen molar-refractivity contribution in [3.8, 4) is 17.1 Å². The molecule has 210 valence electrons. The van der Waals surface area contributed by atoms with Crippen LogP contribution in [0.2, 0.25) is 0 Å². The molecule has 4 aliphatic rings. The van der Waals surface area contributed by atoms with Crippen LogP contribution in [-0.4, -0.2) is 84.8 Å². The lowest BCUT2D eigenvalue weighted by Crippen LogP contribution is -2.40. The molecule has 2 aliphatic carbocycles. The summed E-state index contributed by atoms with van der Waals surface area (Å²) in [7, 11) is 3.72. The summed E-state index contributed by atoms with van der Waals surface area (Å²) in [5.41, 5.74) is 5.96. The summed E-state index contributed by atoms with van der Waals surface area (Å²) in [6.07, 6.45) is 11.7. The molecule has 4 fully saturated rings. The average Bonchev–Trinajstić information content (AvgIpc) is 3.26. The number of methoxy groups -OCH3 is 1. The van der Waals surface area contributed by atoms with E-state index >= 15 is 0 Å². The molecule has 0 amide bonds. The standard InChI is InChI=1S/C31H40N8O/c1-19-10-26(21-6-8-38(9-7-21)25-11-22-15-37(14-20-4-5-20)16-23(22)12-25)34-31-28(19)35-29(36(31)2)24-13-27(40-3)30-32-18-33-39(30)17-24/h10,13,17-18,20-23,25H,4-9,11-12,14-16H2,1-3H3/t22-,23+,25?. The van der Waals surface area contributed by atoms with E-state index in [1.807, 2.05) is 12.3 Å². The van der Waals surface area contributed by atoms with Crippen LogP contribution < -0.4 is 4.74 Å². The number of imidazole rings is 1. The molecule has 4 aromatic rings. The van der Waals surface area contributed by atoms with E-state index in [1.165, 1.54) is 82.5 Å². The van der Waals surface area contributed by atoms with Crippen molar-refractivity contribution >= 4 is 16.8 Å². The molecular formula is C31H40N8O. The van der Waals surface area contributed by atoms with Crippen LogP contribution in [0.5, 0.6) is 5.75 Å². The van der Waals surface area contributed by atoms with Crippen LogP contribution in [0.4, 0.5) is 0 Å². The summed E-state index contributed by atoms with van der Waals surface area (Å²) >= 11 is 0. The molecule has 1 unspecified atom stereocenters. The van der Waals surface area contributed by atoms with Crippen LogP contribution in [0.25, 0.3) is 28.2 Å². The van der Waals surface area contributed by atoms with Gasteiger partial charge < -0.3 is 19.1 Å². The number of likely N-dealkylation sites (tertiary alicyclic amines) is 2. The highest BCUT2D eigenvalue weighted by Crippen LogP contribution is 2.43. The van der Waals surface area contributed by atoms with E-state index in [-0.39, 0.29) is 0 Å². The average molecular weight is 541 g/mol. The van der Waals surface area contributed by atoms with Crippen LogP contribution >= 0.6 is 0 Å². The number of aryl methyl sites for hydroxylation is 2. The van der Waals surface area contributed by atoms with Gasteiger partial charge >= 0.3 is 0 Å². The Bertz CT molecular complexity index is 1550. The Morgan fingerprint density at radius 2 is 1.75 bits per heavy atom. The lowest BCUT2D eigenvalue weighted by atomic mass is 9.91. The highest BCUT2D eigenvalue weighted by Gasteiger charge is 2.44. The van der Waals surface area contributed by atoms with Gasteiger partial charge in [0.25, 0.3) is 0 Å². The normalized spacial score (nSPS) is 26.3. The van der Waals surface area contributed by atoms with Crippen LogP contribution in [0, 0.1) is 24.7 Å². The van der Waals surface area contributed by atoms with Crippen molar-refractivity contribution in [1.82, 2.24) is 38.9 Å². The van der Waals surface area contributed by atoms with Crippen molar-refractivity contribution in [2.24, 2.45) is 24.8 Å². The largest absolute Gasteiger partial charge is 0.493 e. The number of pyridine rings is 2. The van der Waals surface area contributed by atoms with Gasteiger partial charge in [-0.2, -0.15) is 5.10 Å². The van der Waals surface area contributed by atoms with Crippen molar-refractivity contribution in [3.63, 3.8) is 0 Å². The second-order valence-electron chi connectivity index (χ2n) is 13.0. The van der Waals surface area contributed by atoms with E-state index < -0.39 is 0 Å². The summed E-state index contributed by atoms with van der Waals surface area (Å²) in [5.74, 6) is 4.96. The molecule has 3 atom stereocenters. The number of nitrogens with zero attached hydrogens (tertiary/aromatic N) is 8. The molecule has 2 saturated heterocycles. The van der Waals surface area contributed by atoms with Crippen molar-refractivity contribution in [2.75, 3.05) is 39.8 Å². The van der Waals surface area contributed by atoms with Crippen LogP contribution in [0.15, 0.2) is 24.7 Å². The molecule has 40 heavy (non-hydrogen) atoms. The molecule has 2 aliphatic heterocycles. The molecule has 0 radical (unpaired) electrons. The molecular weight excluding hydrogens is 500 g/mol. The predicted molar refractivity (Wildman–Crippen MR) is 154 cm³/mol. The maximum absolute atomic E-state index is 5.59. The summed E-state index contributed by atoms with van der Waals surface area (Å²) < 4.78 is 9.45. The molecule has 0 spiro atoms. The lowest BCUT2D eigenvalue weighted by Gasteiger charge is -2.36. The molecule has 0 N–H and O–H groups in total. The summed E-state index contributed by atoms with van der Waals surface area (Å²) in [4.78, 5) is 20.2. The van der Waals surface area contributed by atoms with Gasteiger partial charge in [0.15, 0.2) is 17.0 Å². The van der Waals surface area contributed by atoms with E-state index in [9.17, 15) is 0 Å². The Morgan fingerprint density at radius 3 is 2.48 bits per heavy atom. The minimum Gasteiger partial charge on any atom is -0.493 e. The van der Waals surface area contributed by atoms with Gasteiger partial charge in [0, 0.05) is 56.1 Å². The van der Waals surface area contributed by atoms with Crippen LogP contribution in [-0.2, 0) is 7.05 Å². The Kier molecular flexibility index (Phi) is 5.88. The second kappa shape index (κ2) is 9.52. The Hall–Kier alpha value is -3.04. The number of piperidine rings is 1. The first-order valence-electron chi connectivity index (χ1n) is 15.2. The third-order valence-electron chi connectivity index (χ3n) is 10.3. The number of ether oxygens (including phenoxy) is 1. The molecule has 6 heterocycles. The predicted octanol–water partition coefficient (Wildman–Crippen LogP) is 4.29. The smallest absolute Gasteiger partial charge is 0.197 e. The van der Waals surface area contributed by atoms with Crippen LogP contribution in [0.3, 0.4) is 0 Å². The van der Waals surface area contributed by atoms with E-state index in [4.69, 9.17) is 14.7 Å². The molecule has 8 rings (SSSR count). The molecule has 2 saturated carbocycles. The number of rotatable bonds is 6. The fourth-order valence-electron chi connectivity index (χ4n) is 8.00. The van der Waals surface area contributed by atoms with Gasteiger partial charge in [-0.1, -0.05) is 0 Å². The molecule has 9 heteroatoms. The van der Waals surface area contributed by atoms with Gasteiger partial charge in [0.1, 0.15) is 17.7 Å². The van der Waals surface area contributed by atoms with Gasteiger partial charge in [-0.15, -0.1) is 0 Å². The van der Waals surface area contributed by atoms with E-state index in [1.54, 1.807) is 18.0 Å². The zero-order valence-corrected chi connectivity index (χ0v) is 24.0. The zero-order chi connectivity index (χ0) is 27.0. The van der Waals surface area contributed by atoms with Gasteiger partial charge in [-0.25, -0.2) is 19.5 Å². The first kappa shape index (κ1) is 24.7.